The van der Waals surface area contributed by atoms with Crippen LogP contribution < -0.4 is 30.7 Å². The molecule has 4 aliphatic rings. The SMILES string of the molecule is C[C@@H](Oc1cccn2nc(NC3[C@@H]4CC[C@H]3CNC4)nc12)C(F)(F)F.C[C@H](Oc1cccn2nc(NC3[C@@H]4CC[C@H]3CNC4)nc12)C(F)(F)F. The number of hydrogen-bond acceptors (Lipinski definition) is 10. The van der Waals surface area contributed by atoms with Crippen LogP contribution in [0.5, 0.6) is 11.5 Å². The molecule has 2 aliphatic heterocycles. The van der Waals surface area contributed by atoms with Gasteiger partial charge in [-0.15, -0.1) is 10.2 Å². The molecule has 2 aliphatic carbocycles. The van der Waals surface area contributed by atoms with Crippen molar-refractivity contribution in [3.8, 4) is 11.5 Å². The lowest BCUT2D eigenvalue weighted by molar-refractivity contribution is -0.189. The number of aromatic nitrogens is 6. The highest BCUT2D eigenvalue weighted by atomic mass is 19.4. The highest BCUT2D eigenvalue weighted by Crippen LogP contribution is 2.37. The lowest BCUT2D eigenvalue weighted by atomic mass is 9.94. The highest BCUT2D eigenvalue weighted by molar-refractivity contribution is 5.57. The van der Waals surface area contributed by atoms with Crippen LogP contribution in [0.1, 0.15) is 39.5 Å². The second-order valence-electron chi connectivity index (χ2n) is 13.6. The van der Waals surface area contributed by atoms with E-state index in [1.54, 1.807) is 24.5 Å². The van der Waals surface area contributed by atoms with Crippen molar-refractivity contribution >= 4 is 23.2 Å². The Labute approximate surface area is 283 Å². The molecule has 8 rings (SSSR count). The second kappa shape index (κ2) is 13.6. The molecule has 4 aromatic rings. The third-order valence-corrected chi connectivity index (χ3v) is 10.2. The molecule has 2 saturated carbocycles. The maximum atomic E-state index is 12.8. The van der Waals surface area contributed by atoms with Crippen molar-refractivity contribution in [3.63, 3.8) is 0 Å². The van der Waals surface area contributed by atoms with Crippen molar-refractivity contribution in [2.75, 3.05) is 36.8 Å². The minimum Gasteiger partial charge on any atom is -0.477 e. The zero-order valence-electron chi connectivity index (χ0n) is 27.5. The molecule has 6 heterocycles. The van der Waals surface area contributed by atoms with Gasteiger partial charge in [0.2, 0.25) is 11.9 Å². The smallest absolute Gasteiger partial charge is 0.425 e. The monoisotopic (exact) mass is 710 g/mol. The van der Waals surface area contributed by atoms with E-state index < -0.39 is 24.6 Å². The van der Waals surface area contributed by atoms with Crippen LogP contribution in [-0.2, 0) is 0 Å². The molecule has 4 aromatic heterocycles. The lowest BCUT2D eigenvalue weighted by Crippen LogP contribution is -2.45. The van der Waals surface area contributed by atoms with E-state index in [0.717, 1.165) is 40.0 Å². The summed E-state index contributed by atoms with van der Waals surface area (Å²) in [4.78, 5) is 8.73. The molecule has 0 aromatic carbocycles. The van der Waals surface area contributed by atoms with Crippen molar-refractivity contribution in [2.45, 2.75) is 76.2 Å². The quantitative estimate of drug-likeness (QED) is 0.187. The Hall–Kier alpha value is -4.06. The molecule has 18 heteroatoms. The minimum atomic E-state index is -4.43. The summed E-state index contributed by atoms with van der Waals surface area (Å²) in [7, 11) is 0. The van der Waals surface area contributed by atoms with E-state index in [1.807, 2.05) is 0 Å². The summed E-state index contributed by atoms with van der Waals surface area (Å²) in [6, 6.07) is 6.75. The van der Waals surface area contributed by atoms with Crippen molar-refractivity contribution in [3.05, 3.63) is 36.7 Å². The standard InChI is InChI=1S/2C16H20F3N5O/c2*1-9(16(17,18)19)25-12-3-2-6-24-14(12)22-15(23-24)21-13-10-4-5-11(13)8-20-7-10/h2*2-3,6,9-11,13,20H,4-5,7-8H2,1H3,(H,21,23)/t2*9-,10-,11+,13?/m10/s1. The van der Waals surface area contributed by atoms with Crippen molar-refractivity contribution in [2.24, 2.45) is 23.7 Å². The van der Waals surface area contributed by atoms with Crippen LogP contribution in [0.3, 0.4) is 0 Å². The predicted molar refractivity (Wildman–Crippen MR) is 171 cm³/mol. The average molecular weight is 711 g/mol. The van der Waals surface area contributed by atoms with Crippen LogP contribution in [0.15, 0.2) is 36.7 Å². The highest BCUT2D eigenvalue weighted by Gasteiger charge is 2.42. The number of anilines is 2. The molecule has 4 N–H and O–H groups in total. The first kappa shape index (κ1) is 34.4. The van der Waals surface area contributed by atoms with Crippen LogP contribution in [0, 0.1) is 23.7 Å². The van der Waals surface area contributed by atoms with E-state index in [1.165, 1.54) is 46.8 Å². The average Bonchev–Trinajstić information content (AvgIpc) is 3.77. The number of hydrogen-bond donors (Lipinski definition) is 4. The largest absolute Gasteiger partial charge is 0.477 e. The fraction of sp³-hybridized carbons (Fsp3) is 0.625. The Balaban J connectivity index is 0.000000157. The number of rotatable bonds is 8. The molecule has 0 radical (unpaired) electrons. The second-order valence-corrected chi connectivity index (χ2v) is 13.6. The Morgan fingerprint density at radius 3 is 1.36 bits per heavy atom. The summed E-state index contributed by atoms with van der Waals surface area (Å²) in [6.45, 7) is 5.84. The zero-order chi connectivity index (χ0) is 35.2. The molecule has 50 heavy (non-hydrogen) atoms. The molecule has 8 atom stereocenters. The molecule has 2 unspecified atom stereocenters. The molecule has 4 bridgehead atoms. The third-order valence-electron chi connectivity index (χ3n) is 10.2. The van der Waals surface area contributed by atoms with Gasteiger partial charge in [0.15, 0.2) is 35.0 Å². The van der Waals surface area contributed by atoms with Gasteiger partial charge < -0.3 is 30.7 Å². The number of pyridine rings is 2. The van der Waals surface area contributed by atoms with E-state index in [0.29, 0.717) is 47.7 Å². The van der Waals surface area contributed by atoms with Crippen LogP contribution >= 0.6 is 0 Å². The molecule has 12 nitrogen and oxygen atoms in total. The van der Waals surface area contributed by atoms with Gasteiger partial charge in [0.1, 0.15) is 0 Å². The normalized spacial score (nSPS) is 27.4. The van der Waals surface area contributed by atoms with Gasteiger partial charge in [-0.2, -0.15) is 36.3 Å². The van der Waals surface area contributed by atoms with E-state index in [4.69, 9.17) is 9.47 Å². The Morgan fingerprint density at radius 1 is 0.660 bits per heavy atom. The van der Waals surface area contributed by atoms with Gasteiger partial charge in [-0.05, 0) is 114 Å². The van der Waals surface area contributed by atoms with Crippen LogP contribution in [0.25, 0.3) is 11.3 Å². The number of nitrogens with one attached hydrogen (secondary N) is 4. The first-order valence-corrected chi connectivity index (χ1v) is 17.0. The first-order chi connectivity index (χ1) is 23.8. The summed E-state index contributed by atoms with van der Waals surface area (Å²) < 4.78 is 89.6. The summed E-state index contributed by atoms with van der Waals surface area (Å²) in [5, 5.41) is 22.3. The van der Waals surface area contributed by atoms with Gasteiger partial charge in [0, 0.05) is 24.5 Å². The topological polar surface area (TPSA) is 127 Å². The van der Waals surface area contributed by atoms with Crippen LogP contribution in [0.2, 0.25) is 0 Å². The van der Waals surface area contributed by atoms with E-state index in [9.17, 15) is 26.3 Å². The van der Waals surface area contributed by atoms with Gasteiger partial charge in [0.25, 0.3) is 0 Å². The maximum Gasteiger partial charge on any atom is 0.425 e. The lowest BCUT2D eigenvalue weighted by Gasteiger charge is -2.30. The Morgan fingerprint density at radius 2 is 1.02 bits per heavy atom. The molecule has 0 amide bonds. The molecule has 4 fully saturated rings. The number of ether oxygens (including phenoxy) is 2. The number of nitrogens with zero attached hydrogens (tertiary/aromatic N) is 6. The van der Waals surface area contributed by atoms with E-state index in [-0.39, 0.29) is 22.8 Å². The maximum absolute atomic E-state index is 12.8. The van der Waals surface area contributed by atoms with E-state index >= 15 is 0 Å². The molecule has 272 valence electrons. The number of piperidine rings is 2. The molecule has 0 spiro atoms. The van der Waals surface area contributed by atoms with Crippen LogP contribution in [0.4, 0.5) is 38.2 Å². The Kier molecular flexibility index (Phi) is 9.34. The summed E-state index contributed by atoms with van der Waals surface area (Å²) in [6.07, 6.45) is -4.71. The van der Waals surface area contributed by atoms with Crippen molar-refractivity contribution < 1.29 is 35.8 Å². The molecule has 2 saturated heterocycles. The third kappa shape index (κ3) is 7.22. The summed E-state index contributed by atoms with van der Waals surface area (Å²) in [5.41, 5.74) is 0.560. The van der Waals surface area contributed by atoms with Gasteiger partial charge >= 0.3 is 12.4 Å². The van der Waals surface area contributed by atoms with E-state index in [2.05, 4.69) is 41.4 Å². The van der Waals surface area contributed by atoms with Gasteiger partial charge in [-0.1, -0.05) is 0 Å². The zero-order valence-corrected chi connectivity index (χ0v) is 27.5. The fourth-order valence-corrected chi connectivity index (χ4v) is 7.52. The first-order valence-electron chi connectivity index (χ1n) is 17.0. The summed E-state index contributed by atoms with van der Waals surface area (Å²) >= 11 is 0. The van der Waals surface area contributed by atoms with Gasteiger partial charge in [-0.25, -0.2) is 9.03 Å². The minimum absolute atomic E-state index is 0.0705. The molecular weight excluding hydrogens is 670 g/mol. The molecular formula is C32H40F6N10O2. The number of halogens is 6. The van der Waals surface area contributed by atoms with Crippen molar-refractivity contribution in [1.29, 1.82) is 0 Å². The number of alkyl halides is 6. The number of fused-ring (bicyclic) bond motifs is 6. The summed E-state index contributed by atoms with van der Waals surface area (Å²) in [5.74, 6) is 3.14. The predicted octanol–water partition coefficient (Wildman–Crippen LogP) is 4.94. The Bertz CT molecular complexity index is 1620. The van der Waals surface area contributed by atoms with Gasteiger partial charge in [-0.3, -0.25) is 0 Å². The van der Waals surface area contributed by atoms with Gasteiger partial charge in [0.05, 0.1) is 0 Å². The van der Waals surface area contributed by atoms with Crippen LogP contribution in [-0.4, -0.2) is 92.0 Å². The fourth-order valence-electron chi connectivity index (χ4n) is 7.52. The van der Waals surface area contributed by atoms with Crippen molar-refractivity contribution in [1.82, 2.24) is 39.8 Å².